The molecular weight excluding hydrogens is 1920 g/mol. The number of carbonyl (C=O) groups is 6. The van der Waals surface area contributed by atoms with Gasteiger partial charge in [0.05, 0.1) is 61.9 Å². The standard InChI is InChI=1S/C20H22ClN3O2.C19H22ClN3O2.C19H21N3O3.2C19H21N3O2.C18H19N3O3/c1-23-10-7-15(8-11-23)19(25)24-12-9-17-18(22-26-20(17)24)6-5-14-3-2-4-16(21)13-14;1-3-4-11-22(2)19(24)23-12-10-16-17(21-25-18(16)23)9-8-14-6-5-7-15(20)13-14;1-14-3-2-4-15(13-14)5-6-17-16-7-8-22(18(16)25-20-17)19(23)21-9-11-24-12-10-21;2*1-14-5-4-6-15(13-14)7-8-17-16-9-12-22(18(16)24-20-17)19(23)21-10-2-3-11-21;22-18(20-10-12-23-13-11-20)21-9-8-15-16(19-24-17(15)21)7-6-14-4-2-1-3-5-14/h2-4,13,15,17,20H,7-12H2,1H3;5-7,13,16,18H,3-4,10-12H2,1-2H3;2-4,13,16,18H,7-12H2,1H3;2*4-6,13,16,18H,2-3,9-12H2,1H3;1-5,15,17H,8-13H2. The first-order valence-corrected chi connectivity index (χ1v) is 52.7. The molecule has 11 fully saturated rings. The predicted molar refractivity (Wildman–Crippen MR) is 563 cm³/mol. The van der Waals surface area contributed by atoms with Gasteiger partial charge in [0.25, 0.3) is 0 Å². The molecule has 11 amide bonds. The van der Waals surface area contributed by atoms with E-state index in [-0.39, 0.29) is 115 Å². The molecular formula is C114H126Cl2N18O14. The highest BCUT2D eigenvalue weighted by atomic mass is 35.5. The summed E-state index contributed by atoms with van der Waals surface area (Å²) < 4.78 is 10.6. The molecule has 6 aromatic carbocycles. The lowest BCUT2D eigenvalue weighted by Gasteiger charge is -2.32. The fourth-order valence-electron chi connectivity index (χ4n) is 20.9. The topological polar surface area (TPSA) is 289 Å². The van der Waals surface area contributed by atoms with Gasteiger partial charge < -0.3 is 72.8 Å². The first-order valence-electron chi connectivity index (χ1n) is 51.9. The summed E-state index contributed by atoms with van der Waals surface area (Å²) in [4.78, 5) is 132. The van der Waals surface area contributed by atoms with E-state index >= 15 is 0 Å². The van der Waals surface area contributed by atoms with E-state index in [9.17, 15) is 28.8 Å². The molecule has 17 heterocycles. The fourth-order valence-corrected chi connectivity index (χ4v) is 21.3. The average Bonchev–Trinajstić information content (AvgIpc) is 1.65. The summed E-state index contributed by atoms with van der Waals surface area (Å²) in [6.07, 6.45) is 11.5. The smallest absolute Gasteiger partial charge is 0.323 e. The zero-order valence-corrected chi connectivity index (χ0v) is 86.2. The minimum absolute atomic E-state index is 0.000186. The van der Waals surface area contributed by atoms with Crippen LogP contribution in [0.15, 0.2) is 183 Å². The van der Waals surface area contributed by atoms with E-state index in [0.29, 0.717) is 88.0 Å². The van der Waals surface area contributed by atoms with Crippen molar-refractivity contribution in [1.29, 1.82) is 0 Å². The van der Waals surface area contributed by atoms with Gasteiger partial charge in [-0.05, 0) is 262 Å². The molecule has 17 aliphatic heterocycles. The Kier molecular flexibility index (Phi) is 34.7. The molecule has 12 unspecified atom stereocenters. The number of urea groups is 5. The maximum absolute atomic E-state index is 12.9. The van der Waals surface area contributed by atoms with Crippen LogP contribution in [0.4, 0.5) is 24.0 Å². The number of fused-ring (bicyclic) bond motifs is 6. The molecule has 11 saturated heterocycles. The third kappa shape index (κ3) is 25.4. The van der Waals surface area contributed by atoms with Crippen LogP contribution in [0.5, 0.6) is 0 Å². The molecule has 6 aromatic rings. The maximum Gasteiger partial charge on any atom is 0.323 e. The maximum atomic E-state index is 12.9. The van der Waals surface area contributed by atoms with Gasteiger partial charge >= 0.3 is 30.2 Å². The average molecular weight is 2040 g/mol. The van der Waals surface area contributed by atoms with Gasteiger partial charge in [0, 0.05) is 155 Å². The van der Waals surface area contributed by atoms with Crippen molar-refractivity contribution in [3.8, 4) is 71.0 Å². The largest absolute Gasteiger partial charge is 0.378 e. The van der Waals surface area contributed by atoms with Crippen molar-refractivity contribution in [2.75, 3.05) is 152 Å². The zero-order chi connectivity index (χ0) is 103. The molecule has 32 nitrogen and oxygen atoms in total. The van der Waals surface area contributed by atoms with Crippen molar-refractivity contribution in [3.63, 3.8) is 0 Å². The van der Waals surface area contributed by atoms with E-state index in [0.717, 1.165) is 217 Å². The molecule has 0 aliphatic carbocycles. The number of morpholine rings is 2. The van der Waals surface area contributed by atoms with E-state index < -0.39 is 0 Å². The Balaban J connectivity index is 0.000000116. The van der Waals surface area contributed by atoms with Crippen LogP contribution in [-0.2, 0) is 43.3 Å². The summed E-state index contributed by atoms with van der Waals surface area (Å²) in [6.45, 7) is 23.5. The summed E-state index contributed by atoms with van der Waals surface area (Å²) in [5, 5.41) is 26.1. The number of benzene rings is 6. The van der Waals surface area contributed by atoms with Crippen molar-refractivity contribution in [2.45, 2.75) is 155 Å². The van der Waals surface area contributed by atoms with Gasteiger partial charge in [0.1, 0.15) is 34.3 Å². The van der Waals surface area contributed by atoms with Crippen molar-refractivity contribution in [3.05, 3.63) is 212 Å². The van der Waals surface area contributed by atoms with Gasteiger partial charge in [-0.25, -0.2) is 24.0 Å². The van der Waals surface area contributed by atoms with Gasteiger partial charge in [0.2, 0.25) is 43.3 Å². The van der Waals surface area contributed by atoms with Crippen LogP contribution in [0.1, 0.15) is 147 Å². The highest BCUT2D eigenvalue weighted by Gasteiger charge is 2.53. The van der Waals surface area contributed by atoms with Crippen LogP contribution in [0.2, 0.25) is 10.0 Å². The van der Waals surface area contributed by atoms with Crippen LogP contribution in [-0.4, -0.2) is 318 Å². The second-order valence-corrected chi connectivity index (χ2v) is 40.4. The predicted octanol–water partition coefficient (Wildman–Crippen LogP) is 14.7. The van der Waals surface area contributed by atoms with Crippen molar-refractivity contribution in [2.24, 2.45) is 72.4 Å². The third-order valence-electron chi connectivity index (χ3n) is 29.2. The number of rotatable bonds is 4. The molecule has 770 valence electrons. The van der Waals surface area contributed by atoms with Crippen LogP contribution in [0.25, 0.3) is 0 Å². The summed E-state index contributed by atoms with van der Waals surface area (Å²) in [6, 6.07) is 49.1. The Hall–Kier alpha value is -14.2. The Bertz CT molecular complexity index is 6330. The number of hydrogen-bond acceptors (Lipinski definition) is 21. The number of piperidine rings is 1. The first kappa shape index (κ1) is 104. The van der Waals surface area contributed by atoms with Gasteiger partial charge in [0.15, 0.2) is 0 Å². The number of oxime groups is 6. The van der Waals surface area contributed by atoms with Crippen LogP contribution in [0.3, 0.4) is 0 Å². The lowest BCUT2D eigenvalue weighted by molar-refractivity contribution is -0.147. The molecule has 0 aromatic heterocycles. The third-order valence-corrected chi connectivity index (χ3v) is 29.7. The van der Waals surface area contributed by atoms with E-state index in [1.807, 2.05) is 176 Å². The summed E-state index contributed by atoms with van der Waals surface area (Å²) >= 11 is 12.0. The molecule has 148 heavy (non-hydrogen) atoms. The zero-order valence-electron chi connectivity index (χ0n) is 84.7. The van der Waals surface area contributed by atoms with Crippen molar-refractivity contribution >= 4 is 93.5 Å². The number of unbranched alkanes of at least 4 members (excludes halogenated alkanes) is 1. The Morgan fingerprint density at radius 2 is 0.601 bits per heavy atom. The lowest BCUT2D eigenvalue weighted by Crippen LogP contribution is -2.50. The Morgan fingerprint density at radius 3 is 0.919 bits per heavy atom. The number of amides is 11. The first-order chi connectivity index (χ1) is 72.2. The number of hydrogen-bond donors (Lipinski definition) is 0. The second kappa shape index (κ2) is 49.5. The molecule has 0 bridgehead atoms. The Labute approximate surface area is 876 Å². The van der Waals surface area contributed by atoms with E-state index in [4.69, 9.17) is 61.7 Å². The number of carbonyl (C=O) groups excluding carboxylic acids is 6. The lowest BCUT2D eigenvalue weighted by atomic mass is 9.95. The van der Waals surface area contributed by atoms with Crippen LogP contribution < -0.4 is 0 Å². The van der Waals surface area contributed by atoms with E-state index in [2.05, 4.69) is 159 Å². The molecule has 0 radical (unpaired) electrons. The van der Waals surface area contributed by atoms with Gasteiger partial charge in [-0.15, -0.1) is 0 Å². The summed E-state index contributed by atoms with van der Waals surface area (Å²) in [7, 11) is 3.94. The highest BCUT2D eigenvalue weighted by Crippen LogP contribution is 2.40. The molecule has 34 heteroatoms. The monoisotopic (exact) mass is 2040 g/mol. The normalized spacial score (nSPS) is 24.5. The number of ether oxygens (including phenoxy) is 2. The SMILES string of the molecule is CCCCN(C)C(=O)N1CCC2C(C#Cc3cccc(Cl)c3)=NOC21.CN1CCC(C(=O)N2CCC3C(C#Cc4cccc(Cl)c4)=NOC32)CC1.Cc1cccc(C#CC2=NOC3C2CCN3C(=O)N2CCCC2)c1.Cc1cccc(C#CC2=NOC3C2CCN3C(=O)N2CCCC2)c1.Cc1cccc(C#CC2=NOC3C2CCN3C(=O)N2CCOCC2)c1.O=C(N1CCOCC1)N1CCC2C(C#Cc3ccccc3)=NOC21. The van der Waals surface area contributed by atoms with Crippen LogP contribution in [0, 0.1) is 133 Å². The van der Waals surface area contributed by atoms with E-state index in [1.54, 1.807) is 19.6 Å². The molecule has 0 spiro atoms. The number of halogens is 2. The van der Waals surface area contributed by atoms with Crippen LogP contribution >= 0.6 is 23.2 Å². The highest BCUT2D eigenvalue weighted by molar-refractivity contribution is 6.31. The molecule has 23 rings (SSSR count). The fraction of sp³-hybridized carbons (Fsp3) is 0.474. The molecule has 0 saturated carbocycles. The summed E-state index contributed by atoms with van der Waals surface area (Å²) in [5.41, 5.74) is 13.5. The van der Waals surface area contributed by atoms with Gasteiger partial charge in [-0.2, -0.15) is 0 Å². The number of likely N-dealkylation sites (tertiary alicyclic amines) is 9. The quantitative estimate of drug-likeness (QED) is 0.148. The molecule has 17 aliphatic rings. The van der Waals surface area contributed by atoms with E-state index in [1.165, 1.54) is 16.7 Å². The van der Waals surface area contributed by atoms with Gasteiger partial charge in [-0.1, -0.05) is 170 Å². The van der Waals surface area contributed by atoms with Crippen molar-refractivity contribution in [1.82, 2.24) is 58.8 Å². The minimum atomic E-state index is -0.333. The minimum Gasteiger partial charge on any atom is -0.378 e. The second-order valence-electron chi connectivity index (χ2n) is 39.6. The van der Waals surface area contributed by atoms with Crippen molar-refractivity contribution < 1.29 is 67.3 Å². The number of nitrogens with zero attached hydrogens (tertiary/aromatic N) is 18. The Morgan fingerprint density at radius 1 is 0.324 bits per heavy atom. The molecule has 12 atom stereocenters. The summed E-state index contributed by atoms with van der Waals surface area (Å²) in [5.74, 6) is 38.3. The van der Waals surface area contributed by atoms with Gasteiger partial charge in [-0.3, -0.25) is 29.3 Å². The molecule has 0 N–H and O–H groups in total. The number of aryl methyl sites for hydroxylation is 3.